The molecule has 22 heavy (non-hydrogen) atoms. The van der Waals surface area contributed by atoms with Crippen LogP contribution in [0, 0.1) is 6.92 Å². The molecule has 2 saturated heterocycles. The highest BCUT2D eigenvalue weighted by Gasteiger charge is 2.27. The van der Waals surface area contributed by atoms with Crippen molar-refractivity contribution < 1.29 is 0 Å². The molecule has 3 rings (SSSR count). The van der Waals surface area contributed by atoms with Crippen LogP contribution in [-0.4, -0.2) is 55.1 Å². The van der Waals surface area contributed by atoms with Crippen LogP contribution in [0.3, 0.4) is 0 Å². The van der Waals surface area contributed by atoms with Crippen molar-refractivity contribution in [3.63, 3.8) is 0 Å². The standard InChI is InChI=1S/C19H31N3/c1-16-6-8-18(9-7-16)19(15-21-11-4-3-5-12-21)22-13-10-20-17(2)14-22/h6-9,17,19-20H,3-5,10-15H2,1-2H3. The van der Waals surface area contributed by atoms with Crippen molar-refractivity contribution in [1.29, 1.82) is 0 Å². The van der Waals surface area contributed by atoms with E-state index in [2.05, 4.69) is 53.2 Å². The molecule has 0 saturated carbocycles. The molecule has 3 heteroatoms. The van der Waals surface area contributed by atoms with Crippen LogP contribution in [0.1, 0.15) is 43.4 Å². The second-order valence-corrected chi connectivity index (χ2v) is 7.14. The number of nitrogens with one attached hydrogen (secondary N) is 1. The number of hydrogen-bond donors (Lipinski definition) is 1. The van der Waals surface area contributed by atoms with Crippen LogP contribution in [0.2, 0.25) is 0 Å². The minimum absolute atomic E-state index is 0.545. The topological polar surface area (TPSA) is 18.5 Å². The molecule has 0 amide bonds. The molecule has 2 heterocycles. The van der Waals surface area contributed by atoms with Crippen molar-refractivity contribution in [3.8, 4) is 0 Å². The van der Waals surface area contributed by atoms with Gasteiger partial charge in [0.25, 0.3) is 0 Å². The van der Waals surface area contributed by atoms with Gasteiger partial charge in [0.2, 0.25) is 0 Å². The maximum atomic E-state index is 3.58. The predicted octanol–water partition coefficient (Wildman–Crippen LogP) is 2.82. The van der Waals surface area contributed by atoms with Gasteiger partial charge < -0.3 is 10.2 Å². The first kappa shape index (κ1) is 16.0. The molecule has 2 unspecified atom stereocenters. The van der Waals surface area contributed by atoms with Crippen LogP contribution >= 0.6 is 0 Å². The largest absolute Gasteiger partial charge is 0.312 e. The zero-order valence-electron chi connectivity index (χ0n) is 14.2. The van der Waals surface area contributed by atoms with E-state index in [-0.39, 0.29) is 0 Å². The highest BCUT2D eigenvalue weighted by atomic mass is 15.3. The summed E-state index contributed by atoms with van der Waals surface area (Å²) in [4.78, 5) is 5.38. The van der Waals surface area contributed by atoms with Gasteiger partial charge in [-0.1, -0.05) is 36.2 Å². The number of rotatable bonds is 4. The molecule has 2 aliphatic heterocycles. The summed E-state index contributed by atoms with van der Waals surface area (Å²) in [6.45, 7) is 11.7. The van der Waals surface area contributed by atoms with E-state index in [9.17, 15) is 0 Å². The third kappa shape index (κ3) is 4.09. The molecule has 3 nitrogen and oxygen atoms in total. The van der Waals surface area contributed by atoms with Crippen LogP contribution in [0.5, 0.6) is 0 Å². The quantitative estimate of drug-likeness (QED) is 0.922. The molecular weight excluding hydrogens is 270 g/mol. The zero-order valence-corrected chi connectivity index (χ0v) is 14.2. The molecule has 0 radical (unpaired) electrons. The summed E-state index contributed by atoms with van der Waals surface area (Å²) in [5.74, 6) is 0. The molecule has 0 bridgehead atoms. The minimum Gasteiger partial charge on any atom is -0.312 e. The summed E-state index contributed by atoms with van der Waals surface area (Å²) in [7, 11) is 0. The Morgan fingerprint density at radius 1 is 1.09 bits per heavy atom. The van der Waals surface area contributed by atoms with Gasteiger partial charge in [-0.3, -0.25) is 4.90 Å². The first-order valence-corrected chi connectivity index (χ1v) is 8.99. The average molecular weight is 301 g/mol. The summed E-state index contributed by atoms with van der Waals surface area (Å²) in [5, 5.41) is 3.58. The SMILES string of the molecule is Cc1ccc(C(CN2CCCCC2)N2CCNC(C)C2)cc1. The molecule has 1 aromatic rings. The summed E-state index contributed by atoms with van der Waals surface area (Å²) in [6, 6.07) is 10.4. The van der Waals surface area contributed by atoms with Crippen molar-refractivity contribution in [2.24, 2.45) is 0 Å². The van der Waals surface area contributed by atoms with E-state index in [4.69, 9.17) is 0 Å². The lowest BCUT2D eigenvalue weighted by Gasteiger charge is -2.41. The zero-order chi connectivity index (χ0) is 15.4. The van der Waals surface area contributed by atoms with Gasteiger partial charge in [-0.05, 0) is 45.3 Å². The number of nitrogens with zero attached hydrogens (tertiary/aromatic N) is 2. The van der Waals surface area contributed by atoms with Gasteiger partial charge in [-0.15, -0.1) is 0 Å². The van der Waals surface area contributed by atoms with Crippen molar-refractivity contribution in [2.75, 3.05) is 39.3 Å². The summed E-state index contributed by atoms with van der Waals surface area (Å²) < 4.78 is 0. The number of hydrogen-bond acceptors (Lipinski definition) is 3. The van der Waals surface area contributed by atoms with Gasteiger partial charge in [0, 0.05) is 38.3 Å². The molecule has 0 spiro atoms. The number of benzene rings is 1. The number of likely N-dealkylation sites (tertiary alicyclic amines) is 1. The molecule has 2 atom stereocenters. The smallest absolute Gasteiger partial charge is 0.0476 e. The van der Waals surface area contributed by atoms with Crippen molar-refractivity contribution in [2.45, 2.75) is 45.2 Å². The predicted molar refractivity (Wildman–Crippen MR) is 93.2 cm³/mol. The van der Waals surface area contributed by atoms with Gasteiger partial charge in [0.05, 0.1) is 0 Å². The molecule has 0 aromatic heterocycles. The summed E-state index contributed by atoms with van der Waals surface area (Å²) in [6.07, 6.45) is 4.16. The first-order chi connectivity index (χ1) is 10.7. The Morgan fingerprint density at radius 3 is 2.50 bits per heavy atom. The average Bonchev–Trinajstić information content (AvgIpc) is 2.55. The van der Waals surface area contributed by atoms with Crippen molar-refractivity contribution in [1.82, 2.24) is 15.1 Å². The van der Waals surface area contributed by atoms with Crippen molar-refractivity contribution in [3.05, 3.63) is 35.4 Å². The Morgan fingerprint density at radius 2 is 1.82 bits per heavy atom. The molecule has 122 valence electrons. The van der Waals surface area contributed by atoms with E-state index >= 15 is 0 Å². The van der Waals surface area contributed by atoms with Gasteiger partial charge >= 0.3 is 0 Å². The normalized spacial score (nSPS) is 26.0. The maximum absolute atomic E-state index is 3.58. The van der Waals surface area contributed by atoms with Crippen LogP contribution in [0.15, 0.2) is 24.3 Å². The van der Waals surface area contributed by atoms with E-state index in [1.165, 1.54) is 50.0 Å². The van der Waals surface area contributed by atoms with Crippen molar-refractivity contribution >= 4 is 0 Å². The monoisotopic (exact) mass is 301 g/mol. The lowest BCUT2D eigenvalue weighted by molar-refractivity contribution is 0.100. The highest BCUT2D eigenvalue weighted by Crippen LogP contribution is 2.25. The van der Waals surface area contributed by atoms with Crippen LogP contribution < -0.4 is 5.32 Å². The van der Waals surface area contributed by atoms with E-state index in [0.29, 0.717) is 12.1 Å². The first-order valence-electron chi connectivity index (χ1n) is 8.99. The fraction of sp³-hybridized carbons (Fsp3) is 0.684. The Kier molecular flexibility index (Phi) is 5.51. The molecular formula is C19H31N3. The second kappa shape index (κ2) is 7.58. The van der Waals surface area contributed by atoms with Gasteiger partial charge in [-0.25, -0.2) is 0 Å². The Hall–Kier alpha value is -0.900. The second-order valence-electron chi connectivity index (χ2n) is 7.14. The Labute approximate surface area is 135 Å². The fourth-order valence-corrected chi connectivity index (χ4v) is 3.85. The van der Waals surface area contributed by atoms with Gasteiger partial charge in [0.15, 0.2) is 0 Å². The molecule has 2 aliphatic rings. The Balaban J connectivity index is 1.75. The maximum Gasteiger partial charge on any atom is 0.0476 e. The van der Waals surface area contributed by atoms with E-state index in [0.717, 1.165) is 19.6 Å². The molecule has 1 aromatic carbocycles. The van der Waals surface area contributed by atoms with Gasteiger partial charge in [-0.2, -0.15) is 0 Å². The fourth-order valence-electron chi connectivity index (χ4n) is 3.85. The van der Waals surface area contributed by atoms with Crippen LogP contribution in [-0.2, 0) is 0 Å². The van der Waals surface area contributed by atoms with Gasteiger partial charge in [0.1, 0.15) is 0 Å². The summed E-state index contributed by atoms with van der Waals surface area (Å²) in [5.41, 5.74) is 2.85. The van der Waals surface area contributed by atoms with Crippen LogP contribution in [0.25, 0.3) is 0 Å². The lowest BCUT2D eigenvalue weighted by atomic mass is 10.00. The Bertz CT molecular complexity index is 450. The van der Waals surface area contributed by atoms with Crippen LogP contribution in [0.4, 0.5) is 0 Å². The highest BCUT2D eigenvalue weighted by molar-refractivity contribution is 5.24. The number of piperazine rings is 1. The molecule has 0 aliphatic carbocycles. The van der Waals surface area contributed by atoms with E-state index in [1.807, 2.05) is 0 Å². The van der Waals surface area contributed by atoms with E-state index in [1.54, 1.807) is 0 Å². The third-order valence-electron chi connectivity index (χ3n) is 5.18. The number of piperidine rings is 1. The minimum atomic E-state index is 0.545. The number of aryl methyl sites for hydroxylation is 1. The lowest BCUT2D eigenvalue weighted by Crippen LogP contribution is -2.52. The third-order valence-corrected chi connectivity index (χ3v) is 5.18. The summed E-state index contributed by atoms with van der Waals surface area (Å²) >= 11 is 0. The molecule has 1 N–H and O–H groups in total. The van der Waals surface area contributed by atoms with E-state index < -0.39 is 0 Å². The molecule has 2 fully saturated rings.